The van der Waals surface area contributed by atoms with Crippen LogP contribution < -0.4 is 5.32 Å². The number of hydrogen-bond acceptors (Lipinski definition) is 3. The van der Waals surface area contributed by atoms with Gasteiger partial charge in [0.15, 0.2) is 10.4 Å². The molecule has 2 aromatic heterocycles. The average Bonchev–Trinajstić information content (AvgIpc) is 2.63. The molecular formula is C10H12N4OS. The Morgan fingerprint density at radius 1 is 1.69 bits per heavy atom. The van der Waals surface area contributed by atoms with E-state index >= 15 is 0 Å². The molecule has 2 aromatic rings. The Morgan fingerprint density at radius 3 is 3.12 bits per heavy atom. The Balaban J connectivity index is 2.64. The van der Waals surface area contributed by atoms with Crippen LogP contribution in [0.15, 0.2) is 18.3 Å². The van der Waals surface area contributed by atoms with Crippen LogP contribution in [0.1, 0.15) is 13.0 Å². The third-order valence-electron chi connectivity index (χ3n) is 2.49. The Labute approximate surface area is 97.5 Å². The van der Waals surface area contributed by atoms with Crippen LogP contribution in [0.5, 0.6) is 0 Å². The van der Waals surface area contributed by atoms with Crippen molar-refractivity contribution in [1.82, 2.24) is 19.9 Å². The fourth-order valence-corrected chi connectivity index (χ4v) is 2.00. The maximum atomic E-state index is 11.6. The minimum atomic E-state index is -0.374. The minimum Gasteiger partial charge on any atom is -0.357 e. The number of aromatic nitrogens is 3. The number of H-pyrrole nitrogens is 1. The standard InChI is InChI=1S/C10H12N4OS/c1-6(9(15)11-2)14-8-7(13-10(14)16)4-3-5-12-8/h3-6H,1-2H3,(H,11,15)(H,13,16). The Hall–Kier alpha value is -1.69. The molecule has 0 saturated carbocycles. The molecule has 2 N–H and O–H groups in total. The van der Waals surface area contributed by atoms with Gasteiger partial charge in [0, 0.05) is 13.2 Å². The SMILES string of the molecule is CNC(=O)C(C)n1c(=S)[nH]c2cccnc21. The van der Waals surface area contributed by atoms with Gasteiger partial charge in [-0.15, -0.1) is 0 Å². The van der Waals surface area contributed by atoms with E-state index in [-0.39, 0.29) is 11.9 Å². The highest BCUT2D eigenvalue weighted by atomic mass is 32.1. The number of amides is 1. The fraction of sp³-hybridized carbons (Fsp3) is 0.300. The molecule has 1 unspecified atom stereocenters. The zero-order valence-electron chi connectivity index (χ0n) is 9.02. The first-order valence-corrected chi connectivity index (χ1v) is 5.33. The van der Waals surface area contributed by atoms with Gasteiger partial charge in [-0.05, 0) is 31.3 Å². The monoisotopic (exact) mass is 236 g/mol. The molecule has 1 atom stereocenters. The number of hydrogen-bond donors (Lipinski definition) is 2. The van der Waals surface area contributed by atoms with Gasteiger partial charge in [-0.1, -0.05) is 0 Å². The number of imidazole rings is 1. The van der Waals surface area contributed by atoms with Crippen molar-refractivity contribution in [3.05, 3.63) is 23.1 Å². The number of rotatable bonds is 2. The molecule has 2 rings (SSSR count). The van der Waals surface area contributed by atoms with E-state index in [0.717, 1.165) is 5.52 Å². The number of aromatic amines is 1. The summed E-state index contributed by atoms with van der Waals surface area (Å²) in [7, 11) is 1.60. The molecule has 2 heterocycles. The average molecular weight is 236 g/mol. The third kappa shape index (κ3) is 1.61. The molecule has 0 aliphatic carbocycles. The molecule has 0 spiro atoms. The Kier molecular flexibility index (Phi) is 2.74. The number of carbonyl (C=O) groups is 1. The maximum absolute atomic E-state index is 11.6. The molecule has 16 heavy (non-hydrogen) atoms. The van der Waals surface area contributed by atoms with Crippen molar-refractivity contribution in [2.24, 2.45) is 0 Å². The minimum absolute atomic E-state index is 0.0948. The molecule has 0 aliphatic heterocycles. The second-order valence-corrected chi connectivity index (χ2v) is 3.85. The van der Waals surface area contributed by atoms with Crippen LogP contribution in [0.2, 0.25) is 0 Å². The van der Waals surface area contributed by atoms with E-state index in [1.807, 2.05) is 12.1 Å². The van der Waals surface area contributed by atoms with Gasteiger partial charge in [0.25, 0.3) is 0 Å². The molecule has 0 aromatic carbocycles. The van der Waals surface area contributed by atoms with Gasteiger partial charge in [-0.3, -0.25) is 9.36 Å². The van der Waals surface area contributed by atoms with Crippen molar-refractivity contribution in [3.63, 3.8) is 0 Å². The summed E-state index contributed by atoms with van der Waals surface area (Å²) in [5, 5.41) is 2.60. The predicted octanol–water partition coefficient (Wildman–Crippen LogP) is 1.40. The second kappa shape index (κ2) is 4.05. The van der Waals surface area contributed by atoms with Crippen LogP contribution in [-0.2, 0) is 4.79 Å². The normalized spacial score (nSPS) is 12.6. The van der Waals surface area contributed by atoms with Crippen LogP contribution in [-0.4, -0.2) is 27.5 Å². The van der Waals surface area contributed by atoms with E-state index in [2.05, 4.69) is 15.3 Å². The van der Waals surface area contributed by atoms with Crippen molar-refractivity contribution < 1.29 is 4.79 Å². The van der Waals surface area contributed by atoms with Crippen molar-refractivity contribution in [1.29, 1.82) is 0 Å². The topological polar surface area (TPSA) is 62.7 Å². The van der Waals surface area contributed by atoms with Crippen molar-refractivity contribution in [3.8, 4) is 0 Å². The summed E-state index contributed by atoms with van der Waals surface area (Å²) in [5.41, 5.74) is 1.53. The Morgan fingerprint density at radius 2 is 2.44 bits per heavy atom. The quantitative estimate of drug-likeness (QED) is 0.775. The van der Waals surface area contributed by atoms with E-state index < -0.39 is 0 Å². The summed E-state index contributed by atoms with van der Waals surface area (Å²) in [4.78, 5) is 18.8. The van der Waals surface area contributed by atoms with Gasteiger partial charge in [0.1, 0.15) is 6.04 Å². The van der Waals surface area contributed by atoms with Crippen LogP contribution in [0.4, 0.5) is 0 Å². The van der Waals surface area contributed by atoms with Crippen molar-refractivity contribution >= 4 is 29.3 Å². The van der Waals surface area contributed by atoms with Gasteiger partial charge in [0.05, 0.1) is 5.52 Å². The van der Waals surface area contributed by atoms with Crippen LogP contribution >= 0.6 is 12.2 Å². The van der Waals surface area contributed by atoms with Crippen LogP contribution in [0.3, 0.4) is 0 Å². The summed E-state index contributed by atoms with van der Waals surface area (Å²) < 4.78 is 2.22. The number of nitrogens with one attached hydrogen (secondary N) is 2. The lowest BCUT2D eigenvalue weighted by Gasteiger charge is -2.11. The fourth-order valence-electron chi connectivity index (χ4n) is 1.64. The molecule has 0 radical (unpaired) electrons. The lowest BCUT2D eigenvalue weighted by molar-refractivity contribution is -0.123. The van der Waals surface area contributed by atoms with Gasteiger partial charge in [0.2, 0.25) is 5.91 Å². The van der Waals surface area contributed by atoms with Gasteiger partial charge >= 0.3 is 0 Å². The maximum Gasteiger partial charge on any atom is 0.242 e. The molecule has 0 aliphatic rings. The Bertz CT molecular complexity index is 586. The first kappa shape index (κ1) is 10.8. The summed E-state index contributed by atoms with van der Waals surface area (Å²) >= 11 is 5.18. The zero-order valence-corrected chi connectivity index (χ0v) is 9.84. The smallest absolute Gasteiger partial charge is 0.242 e. The summed E-state index contributed by atoms with van der Waals surface area (Å²) in [6.07, 6.45) is 1.68. The van der Waals surface area contributed by atoms with E-state index in [1.54, 1.807) is 24.7 Å². The summed E-state index contributed by atoms with van der Waals surface area (Å²) in [6, 6.07) is 3.33. The third-order valence-corrected chi connectivity index (χ3v) is 2.79. The molecule has 1 amide bonds. The lowest BCUT2D eigenvalue weighted by atomic mass is 10.3. The van der Waals surface area contributed by atoms with E-state index in [1.165, 1.54) is 0 Å². The summed E-state index contributed by atoms with van der Waals surface area (Å²) in [5.74, 6) is -0.0948. The number of likely N-dealkylation sites (N-methyl/N-ethyl adjacent to an activating group) is 1. The first-order valence-electron chi connectivity index (χ1n) is 4.92. The predicted molar refractivity (Wildman–Crippen MR) is 63.7 cm³/mol. The van der Waals surface area contributed by atoms with Gasteiger partial charge in [-0.2, -0.15) is 0 Å². The van der Waals surface area contributed by atoms with E-state index in [0.29, 0.717) is 10.4 Å². The number of carbonyl (C=O) groups excluding carboxylic acids is 1. The van der Waals surface area contributed by atoms with Gasteiger partial charge < -0.3 is 10.3 Å². The zero-order chi connectivity index (χ0) is 11.7. The molecule has 0 fully saturated rings. The number of nitrogens with zero attached hydrogens (tertiary/aromatic N) is 2. The van der Waals surface area contributed by atoms with Crippen LogP contribution in [0, 0.1) is 4.77 Å². The van der Waals surface area contributed by atoms with Gasteiger partial charge in [-0.25, -0.2) is 4.98 Å². The van der Waals surface area contributed by atoms with Crippen LogP contribution in [0.25, 0.3) is 11.2 Å². The van der Waals surface area contributed by atoms with E-state index in [9.17, 15) is 4.79 Å². The highest BCUT2D eigenvalue weighted by Crippen LogP contribution is 2.16. The van der Waals surface area contributed by atoms with Crippen molar-refractivity contribution in [2.75, 3.05) is 7.05 Å². The molecule has 0 bridgehead atoms. The molecule has 5 nitrogen and oxygen atoms in total. The van der Waals surface area contributed by atoms with Crippen molar-refractivity contribution in [2.45, 2.75) is 13.0 Å². The molecule has 6 heteroatoms. The molecular weight excluding hydrogens is 224 g/mol. The van der Waals surface area contributed by atoms with E-state index in [4.69, 9.17) is 12.2 Å². The first-order chi connectivity index (χ1) is 7.65. The lowest BCUT2D eigenvalue weighted by Crippen LogP contribution is -2.27. The molecule has 0 saturated heterocycles. The summed E-state index contributed by atoms with van der Waals surface area (Å²) in [6.45, 7) is 1.79. The highest BCUT2D eigenvalue weighted by Gasteiger charge is 2.17. The number of pyridine rings is 1. The highest BCUT2D eigenvalue weighted by molar-refractivity contribution is 7.71. The number of fused-ring (bicyclic) bond motifs is 1. The largest absolute Gasteiger partial charge is 0.357 e. The molecule has 84 valence electrons. The second-order valence-electron chi connectivity index (χ2n) is 3.46.